The Hall–Kier alpha value is -1.54. The Balaban J connectivity index is 2.08. The zero-order valence-electron chi connectivity index (χ0n) is 10.6. The van der Waals surface area contributed by atoms with Gasteiger partial charge in [0.1, 0.15) is 5.15 Å². The summed E-state index contributed by atoms with van der Waals surface area (Å²) < 4.78 is 5.11. The average molecular weight is 262 g/mol. The van der Waals surface area contributed by atoms with Crippen LogP contribution in [0.5, 0.6) is 5.88 Å². The average Bonchev–Trinajstić information content (AvgIpc) is 2.36. The molecule has 0 radical (unpaired) electrons. The zero-order valence-corrected chi connectivity index (χ0v) is 11.4. The molecular formula is C15H16ClNO. The van der Waals surface area contributed by atoms with Gasteiger partial charge < -0.3 is 4.74 Å². The highest BCUT2D eigenvalue weighted by atomic mass is 35.5. The second kappa shape index (κ2) is 5.87. The van der Waals surface area contributed by atoms with Gasteiger partial charge in [-0.15, -0.1) is 0 Å². The molecule has 0 saturated heterocycles. The van der Waals surface area contributed by atoms with Crippen molar-refractivity contribution < 1.29 is 4.74 Å². The molecule has 1 aromatic heterocycles. The van der Waals surface area contributed by atoms with E-state index in [0.717, 1.165) is 18.4 Å². The van der Waals surface area contributed by atoms with Crippen LogP contribution in [0.2, 0.25) is 5.15 Å². The maximum absolute atomic E-state index is 5.94. The van der Waals surface area contributed by atoms with Crippen molar-refractivity contribution in [3.05, 3.63) is 58.2 Å². The molecule has 2 rings (SSSR count). The van der Waals surface area contributed by atoms with Crippen LogP contribution in [-0.2, 0) is 12.8 Å². The van der Waals surface area contributed by atoms with E-state index < -0.39 is 0 Å². The van der Waals surface area contributed by atoms with Gasteiger partial charge in [-0.2, -0.15) is 0 Å². The van der Waals surface area contributed by atoms with Gasteiger partial charge in [0.05, 0.1) is 7.11 Å². The number of nitrogens with zero attached hydrogens (tertiary/aromatic N) is 1. The lowest BCUT2D eigenvalue weighted by Gasteiger charge is -2.06. The van der Waals surface area contributed by atoms with E-state index in [9.17, 15) is 0 Å². The standard InChI is InChI=1S/C15H16ClNO/c1-11-4-3-5-12(8-11)6-7-13-9-14(16)17-15(10-13)18-2/h3-5,8-10H,6-7H2,1-2H3. The van der Waals surface area contributed by atoms with Gasteiger partial charge in [0.25, 0.3) is 0 Å². The molecule has 2 aromatic rings. The van der Waals surface area contributed by atoms with Crippen LogP contribution in [0.1, 0.15) is 16.7 Å². The van der Waals surface area contributed by atoms with E-state index in [2.05, 4.69) is 36.2 Å². The van der Waals surface area contributed by atoms with E-state index in [1.54, 1.807) is 7.11 Å². The van der Waals surface area contributed by atoms with Crippen molar-refractivity contribution in [1.82, 2.24) is 4.98 Å². The lowest BCUT2D eigenvalue weighted by Crippen LogP contribution is -1.95. The topological polar surface area (TPSA) is 22.1 Å². The first-order valence-corrected chi connectivity index (χ1v) is 6.31. The molecule has 0 amide bonds. The van der Waals surface area contributed by atoms with Gasteiger partial charge in [-0.1, -0.05) is 41.4 Å². The SMILES string of the molecule is COc1cc(CCc2cccc(C)c2)cc(Cl)n1. The molecule has 18 heavy (non-hydrogen) atoms. The molecule has 0 bridgehead atoms. The Bertz CT molecular complexity index is 540. The van der Waals surface area contributed by atoms with E-state index in [0.29, 0.717) is 11.0 Å². The minimum absolute atomic E-state index is 0.480. The predicted octanol–water partition coefficient (Wildman–Crippen LogP) is 3.84. The molecule has 2 nitrogen and oxygen atoms in total. The molecule has 0 fully saturated rings. The van der Waals surface area contributed by atoms with Crippen molar-refractivity contribution in [2.24, 2.45) is 0 Å². The van der Waals surface area contributed by atoms with Gasteiger partial charge in [-0.3, -0.25) is 0 Å². The second-order valence-corrected chi connectivity index (χ2v) is 4.72. The molecule has 0 atom stereocenters. The van der Waals surface area contributed by atoms with Crippen LogP contribution in [0.25, 0.3) is 0 Å². The summed E-state index contributed by atoms with van der Waals surface area (Å²) in [6, 6.07) is 12.4. The summed E-state index contributed by atoms with van der Waals surface area (Å²) in [7, 11) is 1.60. The van der Waals surface area contributed by atoms with Gasteiger partial charge in [0.15, 0.2) is 0 Å². The lowest BCUT2D eigenvalue weighted by atomic mass is 10.0. The van der Waals surface area contributed by atoms with E-state index in [1.807, 2.05) is 12.1 Å². The molecule has 0 aliphatic heterocycles. The molecular weight excluding hydrogens is 246 g/mol. The minimum atomic E-state index is 0.480. The molecule has 0 N–H and O–H groups in total. The summed E-state index contributed by atoms with van der Waals surface area (Å²) in [4.78, 5) is 4.06. The van der Waals surface area contributed by atoms with Gasteiger partial charge in [-0.25, -0.2) is 4.98 Å². The zero-order chi connectivity index (χ0) is 13.0. The summed E-state index contributed by atoms with van der Waals surface area (Å²) >= 11 is 5.94. The van der Waals surface area contributed by atoms with Crippen molar-refractivity contribution >= 4 is 11.6 Å². The summed E-state index contributed by atoms with van der Waals surface area (Å²) in [5, 5.41) is 0.480. The molecule has 0 aliphatic rings. The summed E-state index contributed by atoms with van der Waals surface area (Å²) in [5.74, 6) is 0.571. The predicted molar refractivity (Wildman–Crippen MR) is 74.4 cm³/mol. The number of rotatable bonds is 4. The molecule has 0 unspecified atom stereocenters. The maximum Gasteiger partial charge on any atom is 0.214 e. The quantitative estimate of drug-likeness (QED) is 0.781. The number of aryl methyl sites for hydroxylation is 3. The van der Waals surface area contributed by atoms with Crippen molar-refractivity contribution in [2.45, 2.75) is 19.8 Å². The van der Waals surface area contributed by atoms with Gasteiger partial charge >= 0.3 is 0 Å². The first kappa shape index (κ1) is 12.9. The maximum atomic E-state index is 5.94. The van der Waals surface area contributed by atoms with Gasteiger partial charge in [-0.05, 0) is 37.0 Å². The van der Waals surface area contributed by atoms with Crippen LogP contribution < -0.4 is 4.74 Å². The minimum Gasteiger partial charge on any atom is -0.481 e. The summed E-state index contributed by atoms with van der Waals surface area (Å²) in [6.45, 7) is 2.11. The highest BCUT2D eigenvalue weighted by Crippen LogP contribution is 2.18. The second-order valence-electron chi connectivity index (χ2n) is 4.33. The summed E-state index contributed by atoms with van der Waals surface area (Å²) in [5.41, 5.74) is 3.77. The number of benzene rings is 1. The van der Waals surface area contributed by atoms with E-state index in [4.69, 9.17) is 16.3 Å². The van der Waals surface area contributed by atoms with Crippen molar-refractivity contribution in [2.75, 3.05) is 7.11 Å². The Morgan fingerprint density at radius 1 is 1.11 bits per heavy atom. The molecule has 0 saturated carbocycles. The fourth-order valence-electron chi connectivity index (χ4n) is 1.93. The fraction of sp³-hybridized carbons (Fsp3) is 0.267. The summed E-state index contributed by atoms with van der Waals surface area (Å²) in [6.07, 6.45) is 1.92. The smallest absolute Gasteiger partial charge is 0.214 e. The number of hydrogen-bond acceptors (Lipinski definition) is 2. The first-order valence-electron chi connectivity index (χ1n) is 5.93. The van der Waals surface area contributed by atoms with Gasteiger partial charge in [0, 0.05) is 6.07 Å². The third-order valence-corrected chi connectivity index (χ3v) is 3.02. The fourth-order valence-corrected chi connectivity index (χ4v) is 2.15. The Morgan fingerprint density at radius 2 is 1.89 bits per heavy atom. The lowest BCUT2D eigenvalue weighted by molar-refractivity contribution is 0.397. The third kappa shape index (κ3) is 3.47. The van der Waals surface area contributed by atoms with E-state index in [1.165, 1.54) is 11.1 Å². The Kier molecular flexibility index (Phi) is 4.21. The third-order valence-electron chi connectivity index (χ3n) is 2.82. The number of halogens is 1. The van der Waals surface area contributed by atoms with E-state index >= 15 is 0 Å². The molecule has 1 aromatic carbocycles. The van der Waals surface area contributed by atoms with Crippen molar-refractivity contribution in [1.29, 1.82) is 0 Å². The highest BCUT2D eigenvalue weighted by Gasteiger charge is 2.02. The number of methoxy groups -OCH3 is 1. The van der Waals surface area contributed by atoms with Crippen molar-refractivity contribution in [3.8, 4) is 5.88 Å². The molecule has 0 spiro atoms. The van der Waals surface area contributed by atoms with Crippen LogP contribution >= 0.6 is 11.6 Å². The van der Waals surface area contributed by atoms with Crippen LogP contribution in [0.4, 0.5) is 0 Å². The van der Waals surface area contributed by atoms with Crippen LogP contribution in [0.3, 0.4) is 0 Å². The first-order chi connectivity index (χ1) is 8.67. The number of aromatic nitrogens is 1. The van der Waals surface area contributed by atoms with Gasteiger partial charge in [0.2, 0.25) is 5.88 Å². The van der Waals surface area contributed by atoms with Crippen LogP contribution in [0, 0.1) is 6.92 Å². The van der Waals surface area contributed by atoms with Crippen LogP contribution in [-0.4, -0.2) is 12.1 Å². The van der Waals surface area contributed by atoms with E-state index in [-0.39, 0.29) is 0 Å². The molecule has 1 heterocycles. The largest absolute Gasteiger partial charge is 0.481 e. The van der Waals surface area contributed by atoms with Crippen molar-refractivity contribution in [3.63, 3.8) is 0 Å². The number of hydrogen-bond donors (Lipinski definition) is 0. The normalized spacial score (nSPS) is 10.4. The molecule has 94 valence electrons. The Labute approximate surface area is 113 Å². The number of pyridine rings is 1. The highest BCUT2D eigenvalue weighted by molar-refractivity contribution is 6.29. The molecule has 3 heteroatoms. The number of ether oxygens (including phenoxy) is 1. The Morgan fingerprint density at radius 3 is 2.61 bits per heavy atom. The monoisotopic (exact) mass is 261 g/mol. The molecule has 0 aliphatic carbocycles. The van der Waals surface area contributed by atoms with Crippen LogP contribution in [0.15, 0.2) is 36.4 Å².